The van der Waals surface area contributed by atoms with Gasteiger partial charge in [0.25, 0.3) is 0 Å². The van der Waals surface area contributed by atoms with E-state index < -0.39 is 10.0 Å². The molecule has 2 aromatic carbocycles. The van der Waals surface area contributed by atoms with Gasteiger partial charge in [0.15, 0.2) is 0 Å². The summed E-state index contributed by atoms with van der Waals surface area (Å²) < 4.78 is 31.0. The molecule has 4 rings (SSSR count). The molecular formula is C26H31N3O3S. The van der Waals surface area contributed by atoms with Crippen molar-refractivity contribution in [3.8, 4) is 5.75 Å². The zero-order valence-corrected chi connectivity index (χ0v) is 20.3. The molecule has 6 nitrogen and oxygen atoms in total. The van der Waals surface area contributed by atoms with E-state index in [-0.39, 0.29) is 0 Å². The zero-order chi connectivity index (χ0) is 23.4. The number of aryl methyl sites for hydroxylation is 1. The first-order valence-corrected chi connectivity index (χ1v) is 13.1. The van der Waals surface area contributed by atoms with Crippen LogP contribution in [0.25, 0.3) is 17.0 Å². The number of likely N-dealkylation sites (tertiary alicyclic amines) is 1. The van der Waals surface area contributed by atoms with Crippen LogP contribution >= 0.6 is 0 Å². The molecule has 0 bridgehead atoms. The highest BCUT2D eigenvalue weighted by atomic mass is 32.2. The normalized spacial score (nSPS) is 14.9. The highest BCUT2D eigenvalue weighted by molar-refractivity contribution is 7.92. The summed E-state index contributed by atoms with van der Waals surface area (Å²) in [6.45, 7) is 5.52. The number of piperidine rings is 1. The molecule has 1 fully saturated rings. The van der Waals surface area contributed by atoms with Gasteiger partial charge < -0.3 is 4.74 Å². The number of fused-ring (bicyclic) bond motifs is 1. The summed E-state index contributed by atoms with van der Waals surface area (Å²) in [7, 11) is -1.68. The van der Waals surface area contributed by atoms with Crippen LogP contribution < -0.4 is 9.04 Å². The first-order chi connectivity index (χ1) is 15.8. The van der Waals surface area contributed by atoms with Crippen molar-refractivity contribution in [2.45, 2.75) is 19.8 Å². The van der Waals surface area contributed by atoms with Gasteiger partial charge in [-0.25, -0.2) is 8.42 Å². The zero-order valence-electron chi connectivity index (χ0n) is 19.5. The van der Waals surface area contributed by atoms with Crippen molar-refractivity contribution in [2.75, 3.05) is 43.8 Å². The molecule has 1 aromatic heterocycles. The summed E-state index contributed by atoms with van der Waals surface area (Å²) in [4.78, 5) is 7.00. The Hall–Kier alpha value is -2.90. The first-order valence-electron chi connectivity index (χ1n) is 11.2. The predicted molar refractivity (Wildman–Crippen MR) is 135 cm³/mol. The molecule has 0 amide bonds. The quantitative estimate of drug-likeness (QED) is 0.514. The van der Waals surface area contributed by atoms with Crippen molar-refractivity contribution in [3.05, 3.63) is 71.4 Å². The first kappa shape index (κ1) is 23.3. The van der Waals surface area contributed by atoms with Gasteiger partial charge in [0.1, 0.15) is 12.4 Å². The summed E-state index contributed by atoms with van der Waals surface area (Å²) in [6, 6.07) is 17.8. The molecule has 0 aliphatic carbocycles. The molecule has 0 unspecified atom stereocenters. The molecular weight excluding hydrogens is 434 g/mol. The topological polar surface area (TPSA) is 62.7 Å². The number of hydrogen-bond acceptors (Lipinski definition) is 5. The van der Waals surface area contributed by atoms with E-state index in [1.807, 2.05) is 55.5 Å². The third-order valence-corrected chi connectivity index (χ3v) is 7.30. The molecule has 1 saturated heterocycles. The van der Waals surface area contributed by atoms with Gasteiger partial charge in [-0.2, -0.15) is 0 Å². The molecule has 0 N–H and O–H groups in total. The molecule has 0 spiro atoms. The van der Waals surface area contributed by atoms with E-state index in [9.17, 15) is 8.42 Å². The second kappa shape index (κ2) is 9.93. The van der Waals surface area contributed by atoms with Crippen molar-refractivity contribution in [1.82, 2.24) is 9.88 Å². The number of anilines is 1. The lowest BCUT2D eigenvalue weighted by Crippen LogP contribution is -2.34. The van der Waals surface area contributed by atoms with Gasteiger partial charge >= 0.3 is 0 Å². The fraction of sp³-hybridized carbons (Fsp3) is 0.346. The van der Waals surface area contributed by atoms with E-state index in [0.29, 0.717) is 12.3 Å². The van der Waals surface area contributed by atoms with E-state index in [1.54, 1.807) is 7.05 Å². The molecule has 0 radical (unpaired) electrons. The summed E-state index contributed by atoms with van der Waals surface area (Å²) in [5, 5.41) is 1.05. The minimum absolute atomic E-state index is 0.645. The molecule has 3 aromatic rings. The average molecular weight is 466 g/mol. The van der Waals surface area contributed by atoms with Gasteiger partial charge in [0.05, 0.1) is 17.5 Å². The highest BCUT2D eigenvalue weighted by Gasteiger charge is 2.15. The van der Waals surface area contributed by atoms with Crippen LogP contribution in [0.2, 0.25) is 0 Å². The van der Waals surface area contributed by atoms with E-state index in [4.69, 9.17) is 4.74 Å². The van der Waals surface area contributed by atoms with Crippen molar-refractivity contribution in [1.29, 1.82) is 0 Å². The fourth-order valence-corrected chi connectivity index (χ4v) is 4.58. The molecule has 33 heavy (non-hydrogen) atoms. The van der Waals surface area contributed by atoms with Crippen LogP contribution in [0, 0.1) is 6.92 Å². The van der Waals surface area contributed by atoms with E-state index in [1.165, 1.54) is 16.1 Å². The van der Waals surface area contributed by atoms with Crippen molar-refractivity contribution < 1.29 is 13.2 Å². The monoisotopic (exact) mass is 465 g/mol. The lowest BCUT2D eigenvalue weighted by atomic mass is 10.0. The van der Waals surface area contributed by atoms with Crippen LogP contribution in [0.1, 0.15) is 24.1 Å². The van der Waals surface area contributed by atoms with E-state index in [2.05, 4.69) is 22.0 Å². The SMILES string of the molecule is Cc1ccc2c(OCCN3CCC(=Cc4cccc(N(C)S(C)(=O)=O)c4)CC3)cccc2n1. The lowest BCUT2D eigenvalue weighted by molar-refractivity contribution is 0.200. The number of sulfonamides is 1. The Kier molecular flexibility index (Phi) is 7.00. The number of ether oxygens (including phenoxy) is 1. The highest BCUT2D eigenvalue weighted by Crippen LogP contribution is 2.25. The number of pyridine rings is 1. The Morgan fingerprint density at radius 2 is 1.85 bits per heavy atom. The van der Waals surface area contributed by atoms with Gasteiger partial charge in [-0.05, 0) is 61.7 Å². The van der Waals surface area contributed by atoms with Gasteiger partial charge in [-0.15, -0.1) is 0 Å². The molecule has 7 heteroatoms. The molecule has 0 atom stereocenters. The smallest absolute Gasteiger partial charge is 0.231 e. The predicted octanol–water partition coefficient (Wildman–Crippen LogP) is 4.50. The summed E-state index contributed by atoms with van der Waals surface area (Å²) in [5.41, 5.74) is 5.08. The molecule has 1 aliphatic heterocycles. The summed E-state index contributed by atoms with van der Waals surface area (Å²) in [5.74, 6) is 0.886. The molecule has 2 heterocycles. The number of hydrogen-bond donors (Lipinski definition) is 0. The van der Waals surface area contributed by atoms with Crippen molar-refractivity contribution in [2.24, 2.45) is 0 Å². The second-order valence-corrected chi connectivity index (χ2v) is 10.6. The summed E-state index contributed by atoms with van der Waals surface area (Å²) >= 11 is 0. The Labute approximate surface area is 196 Å². The Balaban J connectivity index is 1.31. The molecule has 174 valence electrons. The number of aromatic nitrogens is 1. The standard InChI is InChI=1S/C26H31N3O3S/c1-20-10-11-24-25(27-20)8-5-9-26(24)32-17-16-29-14-12-21(13-15-29)18-22-6-4-7-23(19-22)28(2)33(3,30)31/h4-11,18-19H,12-17H2,1-3H3. The maximum Gasteiger partial charge on any atom is 0.231 e. The summed E-state index contributed by atoms with van der Waals surface area (Å²) in [6.07, 6.45) is 5.42. The Bertz CT molecular complexity index is 1260. The number of benzene rings is 2. The second-order valence-electron chi connectivity index (χ2n) is 8.59. The Morgan fingerprint density at radius 3 is 2.61 bits per heavy atom. The fourth-order valence-electron chi connectivity index (χ4n) is 4.09. The van der Waals surface area contributed by atoms with Crippen LogP contribution in [-0.4, -0.2) is 57.8 Å². The minimum atomic E-state index is -3.27. The van der Waals surface area contributed by atoms with Gasteiger partial charge in [-0.3, -0.25) is 14.2 Å². The van der Waals surface area contributed by atoms with Crippen LogP contribution in [0.3, 0.4) is 0 Å². The minimum Gasteiger partial charge on any atom is -0.492 e. The van der Waals surface area contributed by atoms with Gasteiger partial charge in [0, 0.05) is 37.8 Å². The van der Waals surface area contributed by atoms with Crippen LogP contribution in [0.5, 0.6) is 5.75 Å². The van der Waals surface area contributed by atoms with Gasteiger partial charge in [-0.1, -0.05) is 29.8 Å². The molecule has 0 saturated carbocycles. The number of nitrogens with zero attached hydrogens (tertiary/aromatic N) is 3. The van der Waals surface area contributed by atoms with E-state index >= 15 is 0 Å². The third-order valence-electron chi connectivity index (χ3n) is 6.10. The van der Waals surface area contributed by atoms with Crippen molar-refractivity contribution in [3.63, 3.8) is 0 Å². The van der Waals surface area contributed by atoms with Gasteiger partial charge in [0.2, 0.25) is 10.0 Å². The lowest BCUT2D eigenvalue weighted by Gasteiger charge is -2.28. The largest absolute Gasteiger partial charge is 0.492 e. The van der Waals surface area contributed by atoms with Crippen LogP contribution in [0.4, 0.5) is 5.69 Å². The third kappa shape index (κ3) is 5.92. The molecule has 1 aliphatic rings. The van der Waals surface area contributed by atoms with Crippen molar-refractivity contribution >= 4 is 32.7 Å². The Morgan fingerprint density at radius 1 is 1.09 bits per heavy atom. The van der Waals surface area contributed by atoms with E-state index in [0.717, 1.165) is 60.4 Å². The number of rotatable bonds is 7. The maximum atomic E-state index is 11.8. The maximum absolute atomic E-state index is 11.8. The average Bonchev–Trinajstić information content (AvgIpc) is 2.79. The van der Waals surface area contributed by atoms with Crippen LogP contribution in [0.15, 0.2) is 60.2 Å². The van der Waals surface area contributed by atoms with Crippen LogP contribution in [-0.2, 0) is 10.0 Å².